The predicted octanol–water partition coefficient (Wildman–Crippen LogP) is 8.60. The third-order valence-electron chi connectivity index (χ3n) is 8.99. The van der Waals surface area contributed by atoms with Crippen LogP contribution in [0.4, 0.5) is 0 Å². The van der Waals surface area contributed by atoms with Crippen LogP contribution in [0.3, 0.4) is 0 Å². The largest absolute Gasteiger partial charge is 0.494 e. The van der Waals surface area contributed by atoms with Gasteiger partial charge in [0.25, 0.3) is 0 Å². The van der Waals surface area contributed by atoms with Gasteiger partial charge in [0.1, 0.15) is 29.0 Å². The fraction of sp³-hybridized carbons (Fsp3) is 0.359. The number of carbonyl (C=O) groups is 2. The topological polar surface area (TPSA) is 150 Å². The van der Waals surface area contributed by atoms with Gasteiger partial charge in [0, 0.05) is 36.0 Å². The lowest BCUT2D eigenvalue weighted by atomic mass is 9.79. The van der Waals surface area contributed by atoms with Gasteiger partial charge in [0.15, 0.2) is 0 Å². The number of hydrogen-bond donors (Lipinski definition) is 2. The molecule has 0 radical (unpaired) electrons. The number of nitrogens with one attached hydrogen (secondary N) is 1. The van der Waals surface area contributed by atoms with Crippen molar-refractivity contribution in [3.05, 3.63) is 115 Å². The van der Waals surface area contributed by atoms with E-state index in [2.05, 4.69) is 4.98 Å². The summed E-state index contributed by atoms with van der Waals surface area (Å²) in [5.41, 5.74) is 3.07. The number of aromatic hydroxyl groups is 1. The Kier molecular flexibility index (Phi) is 10.2. The summed E-state index contributed by atoms with van der Waals surface area (Å²) in [6.45, 7) is 12.3. The zero-order chi connectivity index (χ0) is 36.4. The first kappa shape index (κ1) is 35.6. The second-order valence-electron chi connectivity index (χ2n) is 13.5. The zero-order valence-electron chi connectivity index (χ0n) is 29.4. The van der Waals surface area contributed by atoms with Crippen LogP contribution in [0.5, 0.6) is 23.1 Å². The Morgan fingerprint density at radius 1 is 0.980 bits per heavy atom. The maximum atomic E-state index is 13.4. The molecule has 0 spiro atoms. The second-order valence-corrected chi connectivity index (χ2v) is 14.6. The molecule has 51 heavy (non-hydrogen) atoms. The Morgan fingerprint density at radius 3 is 2.20 bits per heavy atom. The molecule has 2 N–H and O–H groups in total. The first-order chi connectivity index (χ1) is 24.3. The molecule has 0 bridgehead atoms. The van der Waals surface area contributed by atoms with E-state index < -0.39 is 23.6 Å². The molecule has 11 nitrogen and oxygen atoms in total. The quantitative estimate of drug-likeness (QED) is 0.0949. The molecule has 2 atom stereocenters. The number of aromatic nitrogens is 1. The number of hydrogen-bond acceptors (Lipinski definition) is 11. The van der Waals surface area contributed by atoms with Crippen molar-refractivity contribution in [1.82, 2.24) is 4.98 Å². The van der Waals surface area contributed by atoms with Crippen LogP contribution in [-0.4, -0.2) is 34.2 Å². The summed E-state index contributed by atoms with van der Waals surface area (Å²) in [7, 11) is 0. The fourth-order valence-corrected chi connectivity index (χ4v) is 7.37. The van der Waals surface area contributed by atoms with E-state index in [9.17, 15) is 19.5 Å². The summed E-state index contributed by atoms with van der Waals surface area (Å²) in [5, 5.41) is 9.94. The van der Waals surface area contributed by atoms with Crippen molar-refractivity contribution in [1.29, 1.82) is 0 Å². The number of rotatable bonds is 12. The Labute approximate surface area is 299 Å². The highest BCUT2D eigenvalue weighted by Gasteiger charge is 2.44. The molecule has 0 saturated carbocycles. The molecule has 1 aliphatic rings. The lowest BCUT2D eigenvalue weighted by molar-refractivity contribution is -0.0341. The lowest BCUT2D eigenvalue weighted by Crippen LogP contribution is -2.41. The summed E-state index contributed by atoms with van der Waals surface area (Å²) >= 11 is 0.980. The molecular formula is C39H41NO10S. The summed E-state index contributed by atoms with van der Waals surface area (Å²) in [6.07, 6.45) is 3.23. The van der Waals surface area contributed by atoms with E-state index in [-0.39, 0.29) is 34.1 Å². The summed E-state index contributed by atoms with van der Waals surface area (Å²) in [5.74, 6) is 0.244. The lowest BCUT2D eigenvalue weighted by Gasteiger charge is -2.42. The Morgan fingerprint density at radius 2 is 1.63 bits per heavy atom. The molecule has 0 saturated heterocycles. The smallest absolute Gasteiger partial charge is 0.379 e. The van der Waals surface area contributed by atoms with Crippen LogP contribution in [0.2, 0.25) is 0 Å². The molecule has 0 amide bonds. The molecular weight excluding hydrogens is 674 g/mol. The first-order valence-electron chi connectivity index (χ1n) is 16.9. The number of ether oxygens (including phenoxy) is 4. The van der Waals surface area contributed by atoms with Gasteiger partial charge in [-0.15, -0.1) is 0 Å². The molecule has 268 valence electrons. The minimum atomic E-state index is -0.816. The number of benzene rings is 2. The number of furan rings is 2. The summed E-state index contributed by atoms with van der Waals surface area (Å²) in [6, 6.07) is 13.8. The highest BCUT2D eigenvalue weighted by Crippen LogP contribution is 2.54. The standard InChI is InChI=1S/C39H41NO10S/c1-21(2)30-23(5)33-32(31(22(3)4)34(30)49-37(43)27-10-8-17-47-27)28(48-36(42)26-9-7-16-46-26)20-39(6,50-33)15-18-45-25-13-11-24(12-14-25)19-29-35(41)40-38(44)51-29/h7-14,16-17,21-22,28,41H,15,18-20H2,1-6H3,(H,40,44). The van der Waals surface area contributed by atoms with Crippen LogP contribution in [0.1, 0.15) is 119 Å². The Bertz CT molecular complexity index is 2060. The number of esters is 2. The van der Waals surface area contributed by atoms with E-state index in [0.717, 1.165) is 33.6 Å². The molecule has 1 aliphatic heterocycles. The SMILES string of the molecule is Cc1c2c(c(C(C)C)c(OC(=O)c3ccco3)c1C(C)C)C(OC(=O)c1ccco1)CC(C)(CCOc1ccc(Cc3sc(=O)[nH]c3O)cc1)O2. The van der Waals surface area contributed by atoms with Gasteiger partial charge in [-0.2, -0.15) is 0 Å². The molecule has 0 fully saturated rings. The molecule has 2 unspecified atom stereocenters. The third kappa shape index (κ3) is 7.61. The van der Waals surface area contributed by atoms with Gasteiger partial charge in [-0.3, -0.25) is 9.78 Å². The number of thiazole rings is 1. The second kappa shape index (κ2) is 14.6. The minimum Gasteiger partial charge on any atom is -0.494 e. The van der Waals surface area contributed by atoms with Crippen LogP contribution in [-0.2, 0) is 11.2 Å². The van der Waals surface area contributed by atoms with Crippen molar-refractivity contribution in [2.45, 2.75) is 84.3 Å². The van der Waals surface area contributed by atoms with E-state index in [4.69, 9.17) is 27.8 Å². The maximum absolute atomic E-state index is 13.4. The average Bonchev–Trinajstić information content (AvgIpc) is 3.86. The number of aromatic amines is 1. The van der Waals surface area contributed by atoms with E-state index in [1.165, 1.54) is 12.5 Å². The van der Waals surface area contributed by atoms with E-state index >= 15 is 0 Å². The van der Waals surface area contributed by atoms with E-state index in [1.807, 2.05) is 65.8 Å². The minimum absolute atomic E-state index is 0.0521. The van der Waals surface area contributed by atoms with Crippen molar-refractivity contribution in [3.8, 4) is 23.1 Å². The van der Waals surface area contributed by atoms with Crippen LogP contribution < -0.4 is 19.1 Å². The Balaban J connectivity index is 1.31. The van der Waals surface area contributed by atoms with Gasteiger partial charge >= 0.3 is 16.8 Å². The van der Waals surface area contributed by atoms with Crippen LogP contribution in [0.25, 0.3) is 0 Å². The van der Waals surface area contributed by atoms with Gasteiger partial charge < -0.3 is 32.9 Å². The molecule has 2 aromatic carbocycles. The highest BCUT2D eigenvalue weighted by atomic mass is 32.1. The third-order valence-corrected chi connectivity index (χ3v) is 9.86. The Hall–Kier alpha value is -5.23. The first-order valence-corrected chi connectivity index (χ1v) is 17.7. The van der Waals surface area contributed by atoms with Gasteiger partial charge in [0.2, 0.25) is 17.4 Å². The molecule has 6 rings (SSSR count). The van der Waals surface area contributed by atoms with Crippen molar-refractivity contribution in [3.63, 3.8) is 0 Å². The molecule has 12 heteroatoms. The molecule has 5 aromatic rings. The molecule has 0 aliphatic carbocycles. The highest BCUT2D eigenvalue weighted by molar-refractivity contribution is 7.09. The van der Waals surface area contributed by atoms with Crippen LogP contribution >= 0.6 is 11.3 Å². The van der Waals surface area contributed by atoms with Crippen molar-refractivity contribution in [2.75, 3.05) is 6.61 Å². The molecule has 3 aromatic heterocycles. The normalized spacial score (nSPS) is 16.9. The monoisotopic (exact) mass is 715 g/mol. The van der Waals surface area contributed by atoms with Crippen LogP contribution in [0, 0.1) is 6.92 Å². The van der Waals surface area contributed by atoms with Gasteiger partial charge in [-0.25, -0.2) is 9.59 Å². The van der Waals surface area contributed by atoms with Crippen molar-refractivity contribution >= 4 is 23.3 Å². The van der Waals surface area contributed by atoms with E-state index in [1.54, 1.807) is 24.3 Å². The number of carbonyl (C=O) groups excluding carboxylic acids is 2. The summed E-state index contributed by atoms with van der Waals surface area (Å²) < 4.78 is 36.1. The van der Waals surface area contributed by atoms with Crippen molar-refractivity contribution in [2.24, 2.45) is 0 Å². The van der Waals surface area contributed by atoms with Gasteiger partial charge in [-0.05, 0) is 73.2 Å². The zero-order valence-corrected chi connectivity index (χ0v) is 30.2. The van der Waals surface area contributed by atoms with Gasteiger partial charge in [0.05, 0.1) is 24.0 Å². The van der Waals surface area contributed by atoms with Crippen LogP contribution in [0.15, 0.2) is 74.7 Å². The molecule has 4 heterocycles. The van der Waals surface area contributed by atoms with Gasteiger partial charge in [-0.1, -0.05) is 51.2 Å². The number of H-pyrrole nitrogens is 1. The van der Waals surface area contributed by atoms with E-state index in [0.29, 0.717) is 53.6 Å². The average molecular weight is 716 g/mol. The predicted molar refractivity (Wildman–Crippen MR) is 190 cm³/mol. The van der Waals surface area contributed by atoms with Crippen molar-refractivity contribution < 1.29 is 42.5 Å². The maximum Gasteiger partial charge on any atom is 0.379 e. The fourth-order valence-electron chi connectivity index (χ4n) is 6.62. The summed E-state index contributed by atoms with van der Waals surface area (Å²) in [4.78, 5) is 40.9. The number of fused-ring (bicyclic) bond motifs is 1.